The Bertz CT molecular complexity index is 47.7. The van der Waals surface area contributed by atoms with Crippen molar-refractivity contribution in [1.82, 2.24) is 0 Å². The molecule has 46 valence electrons. The van der Waals surface area contributed by atoms with Crippen molar-refractivity contribution in [3.63, 3.8) is 0 Å². The lowest BCUT2D eigenvalue weighted by Gasteiger charge is -2.19. The summed E-state index contributed by atoms with van der Waals surface area (Å²) < 4.78 is 24.8. The molecule has 0 bridgehead atoms. The smallest absolute Gasteiger partial charge is 0.218 e. The molecule has 0 aromatic carbocycles. The molecule has 2 N–H and O–H groups in total. The van der Waals surface area contributed by atoms with Crippen molar-refractivity contribution in [1.29, 1.82) is 0 Å². The predicted molar refractivity (Wildman–Crippen MR) is 26.9 cm³/mol. The average Bonchev–Trinajstić information content (AvgIpc) is 1.68. The van der Waals surface area contributed by atoms with Crippen LogP contribution in [-0.2, 0) is 8.37 Å². The molecule has 0 fully saturated rings. The van der Waals surface area contributed by atoms with Gasteiger partial charge in [0.25, 0.3) is 0 Å². The van der Waals surface area contributed by atoms with Crippen LogP contribution in [0, 0.1) is 0 Å². The highest BCUT2D eigenvalue weighted by Gasteiger charge is 2.11. The Morgan fingerprint density at radius 2 is 1.43 bits per heavy atom. The summed E-state index contributed by atoms with van der Waals surface area (Å²) in [6, 6.07) is 0. The summed E-state index contributed by atoms with van der Waals surface area (Å²) in [6.45, 7) is 0. The number of hydrogen-bond donors (Lipinski definition) is 2. The maximum Gasteiger partial charge on any atom is 0.218 e. The van der Waals surface area contributed by atoms with Crippen LogP contribution in [0.25, 0.3) is 0 Å². The third-order valence-corrected chi connectivity index (χ3v) is 1.30. The van der Waals surface area contributed by atoms with E-state index < -0.39 is 11.2 Å². The van der Waals surface area contributed by atoms with Crippen LogP contribution in [0.4, 0.5) is 0 Å². The molecule has 0 atom stereocenters. The monoisotopic (exact) mass is 128 g/mol. The minimum absolute atomic E-state index is 1.15. The summed E-state index contributed by atoms with van der Waals surface area (Å²) in [4.78, 5) is 0. The van der Waals surface area contributed by atoms with Crippen LogP contribution >= 0.6 is 11.2 Å². The molecule has 0 aromatic rings. The normalized spacial score (nSPS) is 14.3. The molecule has 0 spiro atoms. The van der Waals surface area contributed by atoms with E-state index in [0.29, 0.717) is 0 Å². The quantitative estimate of drug-likeness (QED) is 0.579. The molecule has 5 heteroatoms. The van der Waals surface area contributed by atoms with Gasteiger partial charge < -0.3 is 0 Å². The van der Waals surface area contributed by atoms with Crippen molar-refractivity contribution >= 4 is 11.2 Å². The Morgan fingerprint density at radius 1 is 1.14 bits per heavy atom. The zero-order chi connectivity index (χ0) is 5.91. The molecule has 0 unspecified atom stereocenters. The third kappa shape index (κ3) is 2.84. The summed E-state index contributed by atoms with van der Waals surface area (Å²) in [5.74, 6) is 0. The maximum absolute atomic E-state index is 8.33. The largest absolute Gasteiger partial charge is 0.287 e. The second kappa shape index (κ2) is 2.49. The van der Waals surface area contributed by atoms with E-state index in [2.05, 4.69) is 8.37 Å². The fourth-order valence-electron chi connectivity index (χ4n) is 0.0680. The Morgan fingerprint density at radius 3 is 1.43 bits per heavy atom. The zero-order valence-electron chi connectivity index (χ0n) is 4.12. The molecular formula is C2H8O4S. The van der Waals surface area contributed by atoms with Gasteiger partial charge in [0, 0.05) is 0 Å². The topological polar surface area (TPSA) is 58.9 Å². The highest BCUT2D eigenvalue weighted by Crippen LogP contribution is 2.38. The van der Waals surface area contributed by atoms with E-state index >= 15 is 0 Å². The second-order valence-corrected chi connectivity index (χ2v) is 2.34. The first kappa shape index (κ1) is 7.19. The Labute approximate surface area is 43.8 Å². The standard InChI is InChI=1S/C2H8O4S/c1-5-7(3,4)6-2/h3-4H,1-2H3. The first-order chi connectivity index (χ1) is 3.12. The van der Waals surface area contributed by atoms with Crippen molar-refractivity contribution in [2.45, 2.75) is 0 Å². The first-order valence-corrected chi connectivity index (χ1v) is 2.91. The summed E-state index contributed by atoms with van der Waals surface area (Å²) in [7, 11) is 2.30. The molecular weight excluding hydrogens is 120 g/mol. The van der Waals surface area contributed by atoms with Gasteiger partial charge in [-0.3, -0.25) is 17.5 Å². The summed E-state index contributed by atoms with van der Waals surface area (Å²) >= 11 is -3.16. The van der Waals surface area contributed by atoms with Crippen molar-refractivity contribution in [3.8, 4) is 0 Å². The zero-order valence-corrected chi connectivity index (χ0v) is 4.94. The van der Waals surface area contributed by atoms with Gasteiger partial charge in [0.05, 0.1) is 14.2 Å². The second-order valence-electron chi connectivity index (χ2n) is 0.781. The minimum atomic E-state index is -3.16. The van der Waals surface area contributed by atoms with Crippen LogP contribution in [0.3, 0.4) is 0 Å². The Hall–Kier alpha value is 0.190. The first-order valence-electron chi connectivity index (χ1n) is 1.51. The van der Waals surface area contributed by atoms with Crippen molar-refractivity contribution in [2.75, 3.05) is 14.2 Å². The molecule has 0 rings (SSSR count). The fourth-order valence-corrected chi connectivity index (χ4v) is 0.204. The molecule has 0 aliphatic heterocycles. The molecule has 0 aromatic heterocycles. The van der Waals surface area contributed by atoms with E-state index in [1.165, 1.54) is 0 Å². The maximum atomic E-state index is 8.33. The van der Waals surface area contributed by atoms with Gasteiger partial charge in [-0.15, -0.1) is 0 Å². The van der Waals surface area contributed by atoms with Crippen LogP contribution in [-0.4, -0.2) is 23.3 Å². The van der Waals surface area contributed by atoms with E-state index in [4.69, 9.17) is 9.11 Å². The summed E-state index contributed by atoms with van der Waals surface area (Å²) in [5.41, 5.74) is 0. The molecule has 0 aliphatic carbocycles. The van der Waals surface area contributed by atoms with Crippen LogP contribution in [0.2, 0.25) is 0 Å². The number of hydrogen-bond acceptors (Lipinski definition) is 4. The highest BCUT2D eigenvalue weighted by atomic mass is 32.3. The van der Waals surface area contributed by atoms with Crippen LogP contribution < -0.4 is 0 Å². The van der Waals surface area contributed by atoms with Crippen LogP contribution in [0.1, 0.15) is 0 Å². The fraction of sp³-hybridized carbons (Fsp3) is 1.00. The molecule has 7 heavy (non-hydrogen) atoms. The van der Waals surface area contributed by atoms with E-state index in [1.807, 2.05) is 0 Å². The number of rotatable bonds is 2. The molecule has 0 radical (unpaired) electrons. The predicted octanol–water partition coefficient (Wildman–Crippen LogP) is 0.860. The highest BCUT2D eigenvalue weighted by molar-refractivity contribution is 8.15. The van der Waals surface area contributed by atoms with Gasteiger partial charge >= 0.3 is 0 Å². The van der Waals surface area contributed by atoms with Crippen LogP contribution in [0.5, 0.6) is 0 Å². The van der Waals surface area contributed by atoms with Crippen molar-refractivity contribution < 1.29 is 17.5 Å². The summed E-state index contributed by atoms with van der Waals surface area (Å²) in [5, 5.41) is 0. The van der Waals surface area contributed by atoms with Gasteiger partial charge in [-0.2, -0.15) is 0 Å². The lowest BCUT2D eigenvalue weighted by atomic mass is 11.8. The molecule has 0 amide bonds. The van der Waals surface area contributed by atoms with Gasteiger partial charge in [0.15, 0.2) is 0 Å². The van der Waals surface area contributed by atoms with E-state index in [9.17, 15) is 0 Å². The van der Waals surface area contributed by atoms with Crippen molar-refractivity contribution in [3.05, 3.63) is 0 Å². The van der Waals surface area contributed by atoms with Crippen LogP contribution in [0.15, 0.2) is 0 Å². The molecule has 0 saturated carbocycles. The lowest BCUT2D eigenvalue weighted by molar-refractivity contribution is 0.210. The van der Waals surface area contributed by atoms with Gasteiger partial charge in [0.2, 0.25) is 11.2 Å². The third-order valence-electron chi connectivity index (χ3n) is 0.434. The van der Waals surface area contributed by atoms with Gasteiger partial charge in [0.1, 0.15) is 0 Å². The molecule has 0 saturated heterocycles. The Balaban J connectivity index is 3.36. The molecule has 4 nitrogen and oxygen atoms in total. The Kier molecular flexibility index (Phi) is 2.55. The van der Waals surface area contributed by atoms with E-state index in [1.54, 1.807) is 0 Å². The van der Waals surface area contributed by atoms with Crippen molar-refractivity contribution in [2.24, 2.45) is 0 Å². The lowest BCUT2D eigenvalue weighted by Crippen LogP contribution is -1.99. The minimum Gasteiger partial charge on any atom is -0.287 e. The SMILES string of the molecule is COS(O)(O)OC. The molecule has 0 aliphatic rings. The van der Waals surface area contributed by atoms with E-state index in [0.717, 1.165) is 14.2 Å². The average molecular weight is 128 g/mol. The van der Waals surface area contributed by atoms with Gasteiger partial charge in [-0.05, 0) is 0 Å². The van der Waals surface area contributed by atoms with Gasteiger partial charge in [-0.1, -0.05) is 0 Å². The molecule has 0 heterocycles. The summed E-state index contributed by atoms with van der Waals surface area (Å²) in [6.07, 6.45) is 0. The van der Waals surface area contributed by atoms with Gasteiger partial charge in [-0.25, -0.2) is 0 Å². The van der Waals surface area contributed by atoms with E-state index in [-0.39, 0.29) is 0 Å².